The largest absolute Gasteiger partial charge is 0.481 e. The number of carbonyl (C=O) groups is 2. The summed E-state index contributed by atoms with van der Waals surface area (Å²) in [6, 6.07) is -0.244. The second-order valence-corrected chi connectivity index (χ2v) is 5.89. The highest BCUT2D eigenvalue weighted by atomic mass is 16.5. The summed E-state index contributed by atoms with van der Waals surface area (Å²) in [6.07, 6.45) is 2.54. The summed E-state index contributed by atoms with van der Waals surface area (Å²) in [5, 5.41) is 15.9. The maximum atomic E-state index is 12.1. The van der Waals surface area contributed by atoms with Gasteiger partial charge in [0, 0.05) is 18.0 Å². The van der Waals surface area contributed by atoms with Gasteiger partial charge < -0.3 is 14.9 Å². The number of nitrogens with zero attached hydrogens (tertiary/aromatic N) is 1. The Morgan fingerprint density at radius 2 is 2.14 bits per heavy atom. The van der Waals surface area contributed by atoms with Gasteiger partial charge in [-0.1, -0.05) is 18.5 Å². The van der Waals surface area contributed by atoms with Gasteiger partial charge in [0.1, 0.15) is 5.76 Å². The van der Waals surface area contributed by atoms with E-state index in [9.17, 15) is 9.59 Å². The molecule has 0 bridgehead atoms. The van der Waals surface area contributed by atoms with E-state index in [-0.39, 0.29) is 17.9 Å². The molecule has 1 heterocycles. The summed E-state index contributed by atoms with van der Waals surface area (Å²) in [4.78, 5) is 23.3. The number of hydrogen-bond acceptors (Lipinski definition) is 4. The fraction of sp³-hybridized carbons (Fsp3) is 0.667. The first-order valence-corrected chi connectivity index (χ1v) is 7.35. The van der Waals surface area contributed by atoms with E-state index in [1.807, 2.05) is 20.8 Å². The molecule has 1 aromatic rings. The molecule has 0 spiro atoms. The smallest absolute Gasteiger partial charge is 0.308 e. The van der Waals surface area contributed by atoms with Crippen LogP contribution in [0.1, 0.15) is 55.5 Å². The summed E-state index contributed by atoms with van der Waals surface area (Å²) in [6.45, 7) is 5.65. The van der Waals surface area contributed by atoms with Crippen LogP contribution in [0, 0.1) is 19.8 Å². The molecule has 1 fully saturated rings. The van der Waals surface area contributed by atoms with Crippen LogP contribution in [0.2, 0.25) is 0 Å². The Kier molecular flexibility index (Phi) is 4.65. The summed E-state index contributed by atoms with van der Waals surface area (Å²) in [5.41, 5.74) is 1.77. The van der Waals surface area contributed by atoms with Crippen molar-refractivity contribution >= 4 is 11.9 Å². The van der Waals surface area contributed by atoms with Crippen molar-refractivity contribution in [2.24, 2.45) is 5.92 Å². The van der Waals surface area contributed by atoms with E-state index in [4.69, 9.17) is 9.63 Å². The third kappa shape index (κ3) is 3.43. The van der Waals surface area contributed by atoms with Gasteiger partial charge in [0.2, 0.25) is 5.91 Å². The maximum absolute atomic E-state index is 12.1. The number of carbonyl (C=O) groups excluding carboxylic acids is 1. The van der Waals surface area contributed by atoms with Crippen LogP contribution < -0.4 is 5.32 Å². The molecule has 1 saturated carbocycles. The normalized spacial score (nSPS) is 23.0. The Labute approximate surface area is 123 Å². The van der Waals surface area contributed by atoms with Crippen LogP contribution in [0.15, 0.2) is 4.52 Å². The lowest BCUT2D eigenvalue weighted by molar-refractivity contribution is -0.142. The predicted molar refractivity (Wildman–Crippen MR) is 75.9 cm³/mol. The number of nitrogens with one attached hydrogen (secondary N) is 1. The molecule has 2 rings (SSSR count). The molecule has 1 aromatic heterocycles. The summed E-state index contributed by atoms with van der Waals surface area (Å²) in [5.74, 6) is -0.654. The van der Waals surface area contributed by atoms with E-state index in [0.29, 0.717) is 12.8 Å². The number of carboxylic acids is 1. The first-order chi connectivity index (χ1) is 9.90. The Bertz CT molecular complexity index is 518. The highest BCUT2D eigenvalue weighted by Gasteiger charge is 2.34. The van der Waals surface area contributed by atoms with Crippen molar-refractivity contribution in [3.05, 3.63) is 17.0 Å². The predicted octanol–water partition coefficient (Wildman–Crippen LogP) is 2.15. The third-order valence-corrected chi connectivity index (χ3v) is 4.25. The zero-order valence-corrected chi connectivity index (χ0v) is 12.7. The molecule has 6 nitrogen and oxygen atoms in total. The topological polar surface area (TPSA) is 92.4 Å². The number of rotatable bonds is 5. The van der Waals surface area contributed by atoms with Crippen LogP contribution in [-0.2, 0) is 9.59 Å². The molecule has 1 aliphatic rings. The van der Waals surface area contributed by atoms with Crippen LogP contribution in [-0.4, -0.2) is 28.2 Å². The number of amides is 1. The van der Waals surface area contributed by atoms with Gasteiger partial charge in [0.25, 0.3) is 0 Å². The fourth-order valence-corrected chi connectivity index (χ4v) is 3.27. The van der Waals surface area contributed by atoms with Crippen LogP contribution >= 0.6 is 0 Å². The Balaban J connectivity index is 1.94. The van der Waals surface area contributed by atoms with Gasteiger partial charge in [0.05, 0.1) is 11.6 Å². The second kappa shape index (κ2) is 6.28. The Hall–Kier alpha value is -1.85. The molecule has 0 saturated heterocycles. The van der Waals surface area contributed by atoms with Crippen molar-refractivity contribution in [3.63, 3.8) is 0 Å². The SMILES string of the molecule is Cc1noc(C)c1C(C)CC(=O)N[C@@H]1CCC[C@@H]1C(=O)O. The number of aryl methyl sites for hydroxylation is 2. The molecule has 1 aliphatic carbocycles. The van der Waals surface area contributed by atoms with Crippen LogP contribution in [0.3, 0.4) is 0 Å². The monoisotopic (exact) mass is 294 g/mol. The quantitative estimate of drug-likeness (QED) is 0.868. The molecule has 0 aliphatic heterocycles. The van der Waals surface area contributed by atoms with Crippen molar-refractivity contribution < 1.29 is 19.2 Å². The molecule has 1 amide bonds. The van der Waals surface area contributed by atoms with Gasteiger partial charge in [0.15, 0.2) is 0 Å². The minimum absolute atomic E-state index is 0.000862. The van der Waals surface area contributed by atoms with E-state index in [1.165, 1.54) is 0 Å². The second-order valence-electron chi connectivity index (χ2n) is 5.89. The molecular weight excluding hydrogens is 272 g/mol. The van der Waals surface area contributed by atoms with E-state index >= 15 is 0 Å². The van der Waals surface area contributed by atoms with Gasteiger partial charge in [-0.3, -0.25) is 9.59 Å². The first-order valence-electron chi connectivity index (χ1n) is 7.35. The highest BCUT2D eigenvalue weighted by molar-refractivity contribution is 5.79. The molecule has 116 valence electrons. The molecule has 0 radical (unpaired) electrons. The average molecular weight is 294 g/mol. The summed E-state index contributed by atoms with van der Waals surface area (Å²) >= 11 is 0. The van der Waals surface area contributed by atoms with Crippen molar-refractivity contribution in [2.75, 3.05) is 0 Å². The molecule has 2 N–H and O–H groups in total. The molecule has 1 unspecified atom stereocenters. The number of aromatic nitrogens is 1. The third-order valence-electron chi connectivity index (χ3n) is 4.25. The maximum Gasteiger partial charge on any atom is 0.308 e. The van der Waals surface area contributed by atoms with Gasteiger partial charge >= 0.3 is 5.97 Å². The van der Waals surface area contributed by atoms with Crippen LogP contribution in [0.5, 0.6) is 0 Å². The number of aliphatic carboxylic acids is 1. The van der Waals surface area contributed by atoms with Gasteiger partial charge in [-0.2, -0.15) is 0 Å². The lowest BCUT2D eigenvalue weighted by atomic mass is 9.95. The Morgan fingerprint density at radius 3 is 2.71 bits per heavy atom. The lowest BCUT2D eigenvalue weighted by Crippen LogP contribution is -2.40. The molecule has 0 aromatic carbocycles. The average Bonchev–Trinajstić information content (AvgIpc) is 2.96. The van der Waals surface area contributed by atoms with Crippen LogP contribution in [0.25, 0.3) is 0 Å². The van der Waals surface area contributed by atoms with E-state index in [2.05, 4.69) is 10.5 Å². The summed E-state index contributed by atoms with van der Waals surface area (Å²) in [7, 11) is 0. The van der Waals surface area contributed by atoms with E-state index in [1.54, 1.807) is 0 Å². The molecular formula is C15H22N2O4. The van der Waals surface area contributed by atoms with E-state index < -0.39 is 11.9 Å². The van der Waals surface area contributed by atoms with Gasteiger partial charge in [-0.25, -0.2) is 0 Å². The highest BCUT2D eigenvalue weighted by Crippen LogP contribution is 2.28. The van der Waals surface area contributed by atoms with Gasteiger partial charge in [-0.15, -0.1) is 0 Å². The Morgan fingerprint density at radius 1 is 1.43 bits per heavy atom. The van der Waals surface area contributed by atoms with Gasteiger partial charge in [-0.05, 0) is 32.6 Å². The molecule has 21 heavy (non-hydrogen) atoms. The zero-order chi connectivity index (χ0) is 15.6. The lowest BCUT2D eigenvalue weighted by Gasteiger charge is -2.19. The minimum Gasteiger partial charge on any atom is -0.481 e. The van der Waals surface area contributed by atoms with Crippen LogP contribution in [0.4, 0.5) is 0 Å². The first kappa shape index (κ1) is 15.5. The van der Waals surface area contributed by atoms with Crippen molar-refractivity contribution in [1.29, 1.82) is 0 Å². The zero-order valence-electron chi connectivity index (χ0n) is 12.7. The minimum atomic E-state index is -0.823. The fourth-order valence-electron chi connectivity index (χ4n) is 3.27. The summed E-state index contributed by atoms with van der Waals surface area (Å²) < 4.78 is 5.12. The number of carboxylic acid groups (broad SMARTS) is 1. The molecule has 3 atom stereocenters. The molecule has 6 heteroatoms. The van der Waals surface area contributed by atoms with E-state index in [0.717, 1.165) is 29.9 Å². The van der Waals surface area contributed by atoms with Crippen molar-refractivity contribution in [3.8, 4) is 0 Å². The van der Waals surface area contributed by atoms with Crippen molar-refractivity contribution in [2.45, 2.75) is 58.4 Å². The standard InChI is InChI=1S/C15H22N2O4/c1-8(14-9(2)17-21-10(14)3)7-13(18)16-12-6-4-5-11(12)15(19)20/h8,11-12H,4-7H2,1-3H3,(H,16,18)(H,19,20)/t8?,11-,12+/m0/s1. The van der Waals surface area contributed by atoms with Crippen molar-refractivity contribution in [1.82, 2.24) is 10.5 Å². The number of hydrogen-bond donors (Lipinski definition) is 2.